The number of hydrogen-bond donors (Lipinski definition) is 2. The summed E-state index contributed by atoms with van der Waals surface area (Å²) in [5, 5.41) is 14.9. The zero-order chi connectivity index (χ0) is 14.4. The van der Waals surface area contributed by atoms with Gasteiger partial charge in [0.2, 0.25) is 0 Å². The molecule has 1 saturated heterocycles. The van der Waals surface area contributed by atoms with Crippen LogP contribution in [0.4, 0.5) is 5.69 Å². The van der Waals surface area contributed by atoms with Crippen LogP contribution in [-0.2, 0) is 4.79 Å². The number of piperidine rings is 1. The first kappa shape index (κ1) is 12.4. The minimum Gasteiger partial charge on any atom is -0.481 e. The maximum absolute atomic E-state index is 11.2. The van der Waals surface area contributed by atoms with Crippen LogP contribution in [0.25, 0.3) is 17.8 Å². The van der Waals surface area contributed by atoms with E-state index in [1.54, 1.807) is 0 Å². The number of carbonyl (C=O) groups is 1. The average Bonchev–Trinajstić information content (AvgIpc) is 2.85. The number of aliphatic carboxylic acids is 1. The van der Waals surface area contributed by atoms with Crippen molar-refractivity contribution in [2.24, 2.45) is 16.8 Å². The molecule has 1 aromatic carbocycles. The van der Waals surface area contributed by atoms with E-state index in [1.165, 1.54) is 16.5 Å². The summed E-state index contributed by atoms with van der Waals surface area (Å²) in [5.41, 5.74) is 3.36. The number of nitrogens with zero attached hydrogens (tertiary/aromatic N) is 1. The molecule has 3 aliphatic rings. The number of hydrogen-bond acceptors (Lipinski definition) is 3. The Kier molecular flexibility index (Phi) is 2.70. The molecule has 0 radical (unpaired) electrons. The van der Waals surface area contributed by atoms with Gasteiger partial charge in [0.05, 0.1) is 11.6 Å². The van der Waals surface area contributed by atoms with Gasteiger partial charge in [-0.15, -0.1) is 0 Å². The highest BCUT2D eigenvalue weighted by Crippen LogP contribution is 2.29. The SMILES string of the molecule is O=C(O)C1CNC2=c3cc4c(cc3C=CCC2C1)=CC=N4. The number of carboxylic acids is 1. The molecule has 1 aliphatic carbocycles. The molecule has 2 heterocycles. The molecule has 1 aromatic rings. The van der Waals surface area contributed by atoms with Crippen molar-refractivity contribution >= 4 is 35.7 Å². The van der Waals surface area contributed by atoms with Crippen molar-refractivity contribution in [1.29, 1.82) is 0 Å². The van der Waals surface area contributed by atoms with Crippen molar-refractivity contribution in [2.75, 3.05) is 6.54 Å². The third-order valence-electron chi connectivity index (χ3n) is 4.54. The van der Waals surface area contributed by atoms with Crippen molar-refractivity contribution in [3.8, 4) is 0 Å². The molecular weight excluding hydrogens is 264 g/mol. The summed E-state index contributed by atoms with van der Waals surface area (Å²) in [7, 11) is 0. The maximum atomic E-state index is 11.2. The number of allylic oxidation sites excluding steroid dienone is 1. The van der Waals surface area contributed by atoms with Crippen molar-refractivity contribution < 1.29 is 9.90 Å². The molecule has 4 heteroatoms. The number of rotatable bonds is 1. The standard InChI is InChI=1S/C17H16N2O2/c20-17(21)13-7-12-3-1-2-10-6-11-4-5-18-15(11)8-14(10)16(12)19-9-13/h1-2,4-6,8,12-13,19H,3,7,9H2,(H,20,21). The molecule has 2 atom stereocenters. The summed E-state index contributed by atoms with van der Waals surface area (Å²) in [5.74, 6) is -0.748. The zero-order valence-corrected chi connectivity index (χ0v) is 11.5. The van der Waals surface area contributed by atoms with E-state index in [-0.39, 0.29) is 11.8 Å². The first-order chi connectivity index (χ1) is 10.2. The number of nitrogens with one attached hydrogen (secondary N) is 1. The van der Waals surface area contributed by atoms with Crippen LogP contribution in [0, 0.1) is 11.8 Å². The van der Waals surface area contributed by atoms with Crippen LogP contribution < -0.4 is 15.8 Å². The van der Waals surface area contributed by atoms with E-state index in [9.17, 15) is 9.90 Å². The van der Waals surface area contributed by atoms with Gasteiger partial charge in [-0.05, 0) is 36.6 Å². The molecular formula is C17H16N2O2. The van der Waals surface area contributed by atoms with Gasteiger partial charge in [0, 0.05) is 34.8 Å². The number of fused-ring (bicyclic) bond motifs is 3. The van der Waals surface area contributed by atoms with E-state index in [4.69, 9.17) is 0 Å². The van der Waals surface area contributed by atoms with E-state index in [2.05, 4.69) is 34.6 Å². The molecule has 0 bridgehead atoms. The molecule has 4 rings (SSSR count). The number of benzene rings is 1. The van der Waals surface area contributed by atoms with Gasteiger partial charge >= 0.3 is 5.97 Å². The summed E-state index contributed by atoms with van der Waals surface area (Å²) in [6.45, 7) is 0.507. The molecule has 0 amide bonds. The summed E-state index contributed by atoms with van der Waals surface area (Å²) < 4.78 is 0. The van der Waals surface area contributed by atoms with Crippen LogP contribution in [-0.4, -0.2) is 23.8 Å². The molecule has 0 saturated carbocycles. The molecule has 106 valence electrons. The van der Waals surface area contributed by atoms with Crippen LogP contribution in [0.2, 0.25) is 0 Å². The Morgan fingerprint density at radius 1 is 1.38 bits per heavy atom. The normalized spacial score (nSPS) is 25.2. The fourth-order valence-electron chi connectivity index (χ4n) is 3.44. The Bertz CT molecular complexity index is 805. The second kappa shape index (κ2) is 4.58. The summed E-state index contributed by atoms with van der Waals surface area (Å²) in [6.07, 6.45) is 9.73. The van der Waals surface area contributed by atoms with Gasteiger partial charge in [-0.2, -0.15) is 0 Å². The smallest absolute Gasteiger partial charge is 0.308 e. The minimum absolute atomic E-state index is 0.254. The van der Waals surface area contributed by atoms with E-state index < -0.39 is 5.97 Å². The predicted molar refractivity (Wildman–Crippen MR) is 82.6 cm³/mol. The second-order valence-electron chi connectivity index (χ2n) is 5.84. The molecule has 2 unspecified atom stereocenters. The van der Waals surface area contributed by atoms with E-state index in [0.717, 1.165) is 17.3 Å². The van der Waals surface area contributed by atoms with Gasteiger partial charge in [0.15, 0.2) is 0 Å². The zero-order valence-electron chi connectivity index (χ0n) is 11.5. The van der Waals surface area contributed by atoms with Crippen molar-refractivity contribution in [1.82, 2.24) is 5.32 Å². The van der Waals surface area contributed by atoms with Crippen molar-refractivity contribution in [3.05, 3.63) is 34.2 Å². The van der Waals surface area contributed by atoms with Crippen LogP contribution in [0.15, 0.2) is 23.2 Å². The summed E-state index contributed by atoms with van der Waals surface area (Å²) in [6, 6.07) is 4.28. The van der Waals surface area contributed by atoms with Crippen LogP contribution >= 0.6 is 0 Å². The third kappa shape index (κ3) is 1.98. The van der Waals surface area contributed by atoms with Crippen LogP contribution in [0.5, 0.6) is 0 Å². The Hall–Kier alpha value is -2.36. The molecule has 1 fully saturated rings. The lowest BCUT2D eigenvalue weighted by Crippen LogP contribution is -2.40. The highest BCUT2D eigenvalue weighted by Gasteiger charge is 2.30. The number of carboxylic acid groups (broad SMARTS) is 1. The summed E-state index contributed by atoms with van der Waals surface area (Å²) >= 11 is 0. The Morgan fingerprint density at radius 3 is 3.14 bits per heavy atom. The van der Waals surface area contributed by atoms with Gasteiger partial charge in [-0.25, -0.2) is 0 Å². The highest BCUT2D eigenvalue weighted by atomic mass is 16.4. The third-order valence-corrected chi connectivity index (χ3v) is 4.54. The van der Waals surface area contributed by atoms with Crippen molar-refractivity contribution in [3.63, 3.8) is 0 Å². The lowest BCUT2D eigenvalue weighted by atomic mass is 9.85. The Labute approximate surface area is 122 Å². The van der Waals surface area contributed by atoms with Gasteiger partial charge in [0.25, 0.3) is 0 Å². The molecule has 0 aromatic heterocycles. The van der Waals surface area contributed by atoms with Gasteiger partial charge in [-0.3, -0.25) is 9.79 Å². The molecule has 21 heavy (non-hydrogen) atoms. The predicted octanol–water partition coefficient (Wildman–Crippen LogP) is 1.02. The lowest BCUT2D eigenvalue weighted by Gasteiger charge is -2.30. The first-order valence-corrected chi connectivity index (χ1v) is 7.28. The maximum Gasteiger partial charge on any atom is 0.308 e. The largest absolute Gasteiger partial charge is 0.481 e. The molecule has 2 aliphatic heterocycles. The molecule has 0 spiro atoms. The van der Waals surface area contributed by atoms with Crippen LogP contribution in [0.3, 0.4) is 0 Å². The fourth-order valence-corrected chi connectivity index (χ4v) is 3.44. The van der Waals surface area contributed by atoms with E-state index >= 15 is 0 Å². The Morgan fingerprint density at radius 2 is 2.29 bits per heavy atom. The molecule has 4 nitrogen and oxygen atoms in total. The van der Waals surface area contributed by atoms with Gasteiger partial charge < -0.3 is 10.4 Å². The topological polar surface area (TPSA) is 61.7 Å². The Balaban J connectivity index is 1.87. The second-order valence-corrected chi connectivity index (χ2v) is 5.84. The summed E-state index contributed by atoms with van der Waals surface area (Å²) in [4.78, 5) is 15.6. The fraction of sp³-hybridized carbons (Fsp3) is 0.294. The highest BCUT2D eigenvalue weighted by molar-refractivity contribution is 5.97. The van der Waals surface area contributed by atoms with Crippen LogP contribution in [0.1, 0.15) is 18.4 Å². The lowest BCUT2D eigenvalue weighted by molar-refractivity contribution is -0.142. The van der Waals surface area contributed by atoms with Crippen molar-refractivity contribution in [2.45, 2.75) is 12.8 Å². The quantitative estimate of drug-likeness (QED) is 0.807. The van der Waals surface area contributed by atoms with Gasteiger partial charge in [0.1, 0.15) is 0 Å². The monoisotopic (exact) mass is 280 g/mol. The van der Waals surface area contributed by atoms with Gasteiger partial charge in [-0.1, -0.05) is 12.2 Å². The van der Waals surface area contributed by atoms with E-state index in [0.29, 0.717) is 13.0 Å². The number of aliphatic imine (C=N–C) groups is 1. The molecule has 2 N–H and O–H groups in total. The van der Waals surface area contributed by atoms with E-state index in [1.807, 2.05) is 12.3 Å². The average molecular weight is 280 g/mol. The minimum atomic E-state index is -0.705. The first-order valence-electron chi connectivity index (χ1n) is 7.28.